The van der Waals surface area contributed by atoms with Crippen LogP contribution in [0.1, 0.15) is 5.56 Å². The summed E-state index contributed by atoms with van der Waals surface area (Å²) in [5.41, 5.74) is 5.11. The van der Waals surface area contributed by atoms with Crippen molar-refractivity contribution in [2.24, 2.45) is 0 Å². The first-order chi connectivity index (χ1) is 9.88. The molecule has 0 fully saturated rings. The summed E-state index contributed by atoms with van der Waals surface area (Å²) < 4.78 is 43.0. The number of halogens is 3. The van der Waals surface area contributed by atoms with E-state index in [-0.39, 0.29) is 22.7 Å². The predicted molar refractivity (Wildman–Crippen MR) is 68.3 cm³/mol. The van der Waals surface area contributed by atoms with Crippen molar-refractivity contribution in [3.05, 3.63) is 36.1 Å². The van der Waals surface area contributed by atoms with E-state index in [0.717, 1.165) is 12.1 Å². The zero-order chi connectivity index (χ0) is 15.2. The average molecular weight is 295 g/mol. The summed E-state index contributed by atoms with van der Waals surface area (Å²) in [5.74, 6) is -0.435. The smallest absolute Gasteiger partial charge is 0.416 e. The third kappa shape index (κ3) is 2.14. The summed E-state index contributed by atoms with van der Waals surface area (Å²) in [6.45, 7) is 0. The van der Waals surface area contributed by atoms with Gasteiger partial charge in [0.25, 0.3) is 0 Å². The monoisotopic (exact) mass is 295 g/mol. The fraction of sp³-hybridized carbons (Fsp3) is 0.0769. The Bertz CT molecular complexity index is 827. The summed E-state index contributed by atoms with van der Waals surface area (Å²) in [6.07, 6.45) is -3.18. The zero-order valence-corrected chi connectivity index (χ0v) is 10.3. The van der Waals surface area contributed by atoms with Crippen LogP contribution in [0.3, 0.4) is 0 Å². The molecule has 0 spiro atoms. The fourth-order valence-corrected chi connectivity index (χ4v) is 1.98. The molecule has 3 N–H and O–H groups in total. The van der Waals surface area contributed by atoms with Crippen molar-refractivity contribution in [3.8, 4) is 17.0 Å². The highest BCUT2D eigenvalue weighted by atomic mass is 19.4. The van der Waals surface area contributed by atoms with Crippen molar-refractivity contribution < 1.29 is 22.7 Å². The summed E-state index contributed by atoms with van der Waals surface area (Å²) >= 11 is 0. The van der Waals surface area contributed by atoms with Crippen LogP contribution in [0.4, 0.5) is 19.0 Å². The molecule has 0 saturated heterocycles. The Morgan fingerprint density at radius 3 is 2.57 bits per heavy atom. The first kappa shape index (κ1) is 13.2. The molecule has 0 amide bonds. The van der Waals surface area contributed by atoms with Crippen LogP contribution in [0.5, 0.6) is 5.75 Å². The molecule has 2 heterocycles. The molecule has 0 aliphatic rings. The van der Waals surface area contributed by atoms with Crippen LogP contribution < -0.4 is 5.73 Å². The number of hydrogen-bond donors (Lipinski definition) is 2. The van der Waals surface area contributed by atoms with Gasteiger partial charge in [-0.25, -0.2) is 0 Å². The third-order valence-electron chi connectivity index (χ3n) is 2.99. The van der Waals surface area contributed by atoms with Gasteiger partial charge in [0.15, 0.2) is 11.4 Å². The second-order valence-corrected chi connectivity index (χ2v) is 4.33. The van der Waals surface area contributed by atoms with Gasteiger partial charge in [0.1, 0.15) is 11.4 Å². The molecule has 0 unspecified atom stereocenters. The third-order valence-corrected chi connectivity index (χ3v) is 2.99. The van der Waals surface area contributed by atoms with Gasteiger partial charge in [0, 0.05) is 5.56 Å². The zero-order valence-electron chi connectivity index (χ0n) is 10.3. The van der Waals surface area contributed by atoms with Crippen molar-refractivity contribution >= 4 is 16.8 Å². The van der Waals surface area contributed by atoms with Crippen LogP contribution in [0.25, 0.3) is 22.2 Å². The van der Waals surface area contributed by atoms with E-state index in [0.29, 0.717) is 11.5 Å². The van der Waals surface area contributed by atoms with Gasteiger partial charge in [0.2, 0.25) is 0 Å². The molecule has 0 atom stereocenters. The minimum absolute atomic E-state index is 0.0791. The van der Waals surface area contributed by atoms with Crippen molar-refractivity contribution in [2.45, 2.75) is 6.18 Å². The summed E-state index contributed by atoms with van der Waals surface area (Å²) in [7, 11) is 0. The number of aromatic nitrogens is 2. The fourth-order valence-electron chi connectivity index (χ4n) is 1.98. The number of nitrogens with two attached hydrogens (primary N) is 1. The Morgan fingerprint density at radius 2 is 1.90 bits per heavy atom. The van der Waals surface area contributed by atoms with Crippen molar-refractivity contribution in [2.75, 3.05) is 5.73 Å². The molecule has 0 bridgehead atoms. The number of furan rings is 1. The molecule has 21 heavy (non-hydrogen) atoms. The van der Waals surface area contributed by atoms with Gasteiger partial charge in [-0.1, -0.05) is 0 Å². The minimum atomic E-state index is -4.54. The Morgan fingerprint density at radius 1 is 1.14 bits per heavy atom. The number of benzene rings is 1. The lowest BCUT2D eigenvalue weighted by Gasteiger charge is -2.09. The van der Waals surface area contributed by atoms with Crippen LogP contribution in [0, 0.1) is 0 Å². The molecular weight excluding hydrogens is 287 g/mol. The Labute approximate surface area is 115 Å². The second kappa shape index (κ2) is 4.37. The van der Waals surface area contributed by atoms with Crippen LogP contribution in [-0.4, -0.2) is 15.3 Å². The molecule has 3 aromatic rings. The average Bonchev–Trinajstić information content (AvgIpc) is 2.89. The second-order valence-electron chi connectivity index (χ2n) is 4.33. The van der Waals surface area contributed by atoms with Crippen molar-refractivity contribution in [1.82, 2.24) is 10.2 Å². The van der Waals surface area contributed by atoms with Crippen molar-refractivity contribution in [1.29, 1.82) is 0 Å². The first-order valence-electron chi connectivity index (χ1n) is 5.78. The number of anilines is 1. The lowest BCUT2D eigenvalue weighted by atomic mass is 10.1. The quantitative estimate of drug-likeness (QED) is 0.720. The number of nitrogens with zero attached hydrogens (tertiary/aromatic N) is 2. The van der Waals surface area contributed by atoms with Gasteiger partial charge >= 0.3 is 6.18 Å². The number of phenols is 1. The topological polar surface area (TPSA) is 85.2 Å². The number of rotatable bonds is 1. The highest BCUT2D eigenvalue weighted by Gasteiger charge is 2.31. The lowest BCUT2D eigenvalue weighted by molar-refractivity contribution is -0.137. The molecule has 0 saturated carbocycles. The summed E-state index contributed by atoms with van der Waals surface area (Å²) in [6, 6.07) is 4.15. The molecule has 2 aromatic heterocycles. The molecule has 108 valence electrons. The number of hydrogen-bond acceptors (Lipinski definition) is 5. The molecule has 0 radical (unpaired) electrons. The Kier molecular flexibility index (Phi) is 2.75. The van der Waals surface area contributed by atoms with Crippen LogP contribution in [0.15, 0.2) is 34.9 Å². The Balaban J connectivity index is 2.20. The van der Waals surface area contributed by atoms with Crippen LogP contribution in [0.2, 0.25) is 0 Å². The molecule has 1 aromatic carbocycles. The molecule has 8 heteroatoms. The standard InChI is InChI=1S/C13H8F3N3O2/c14-13(15,16)6-1-2-7(9(20)5-6)10-11-8(3-4-21-11)12(17)19-18-10/h1-5,20H,(H2,17,19). The van der Waals surface area contributed by atoms with Gasteiger partial charge < -0.3 is 15.3 Å². The first-order valence-corrected chi connectivity index (χ1v) is 5.78. The van der Waals surface area contributed by atoms with Crippen LogP contribution in [-0.2, 0) is 6.18 Å². The van der Waals surface area contributed by atoms with E-state index in [2.05, 4.69) is 10.2 Å². The maximum absolute atomic E-state index is 12.6. The van der Waals surface area contributed by atoms with E-state index in [1.54, 1.807) is 6.07 Å². The van der Waals surface area contributed by atoms with E-state index in [1.165, 1.54) is 6.26 Å². The molecule has 5 nitrogen and oxygen atoms in total. The maximum Gasteiger partial charge on any atom is 0.416 e. The van der Waals surface area contributed by atoms with Gasteiger partial charge in [-0.05, 0) is 24.3 Å². The highest BCUT2D eigenvalue weighted by Crippen LogP contribution is 2.38. The molecular formula is C13H8F3N3O2. The van der Waals surface area contributed by atoms with Crippen molar-refractivity contribution in [3.63, 3.8) is 0 Å². The summed E-state index contributed by atoms with van der Waals surface area (Å²) in [4.78, 5) is 0. The van der Waals surface area contributed by atoms with Crippen LogP contribution >= 0.6 is 0 Å². The molecule has 0 aliphatic heterocycles. The maximum atomic E-state index is 12.6. The number of nitrogen functional groups attached to an aromatic ring is 1. The normalized spacial score (nSPS) is 12.0. The van der Waals surface area contributed by atoms with Gasteiger partial charge in [0.05, 0.1) is 17.2 Å². The number of phenolic OH excluding ortho intramolecular Hbond substituents is 1. The minimum Gasteiger partial charge on any atom is -0.507 e. The number of aromatic hydroxyl groups is 1. The van der Waals surface area contributed by atoms with E-state index in [1.807, 2.05) is 0 Å². The van der Waals surface area contributed by atoms with E-state index in [4.69, 9.17) is 10.2 Å². The van der Waals surface area contributed by atoms with E-state index in [9.17, 15) is 18.3 Å². The van der Waals surface area contributed by atoms with Gasteiger partial charge in [-0.3, -0.25) is 0 Å². The largest absolute Gasteiger partial charge is 0.507 e. The number of alkyl halides is 3. The highest BCUT2D eigenvalue weighted by molar-refractivity contribution is 5.96. The van der Waals surface area contributed by atoms with Gasteiger partial charge in [-0.2, -0.15) is 13.2 Å². The predicted octanol–water partition coefficient (Wildman–Crippen LogP) is 3.20. The molecule has 0 aliphatic carbocycles. The van der Waals surface area contributed by atoms with E-state index < -0.39 is 17.5 Å². The number of fused-ring (bicyclic) bond motifs is 1. The Hall–Kier alpha value is -2.77. The SMILES string of the molecule is Nc1nnc(-c2ccc(C(F)(F)F)cc2O)c2occc12. The van der Waals surface area contributed by atoms with Gasteiger partial charge in [-0.15, -0.1) is 10.2 Å². The van der Waals surface area contributed by atoms with E-state index >= 15 is 0 Å². The molecule has 3 rings (SSSR count). The lowest BCUT2D eigenvalue weighted by Crippen LogP contribution is -2.04. The summed E-state index contributed by atoms with van der Waals surface area (Å²) in [5, 5.41) is 17.8.